The van der Waals surface area contributed by atoms with E-state index in [4.69, 9.17) is 5.26 Å². The maximum atomic E-state index is 12.9. The zero-order chi connectivity index (χ0) is 14.3. The van der Waals surface area contributed by atoms with Crippen LogP contribution in [0.3, 0.4) is 0 Å². The van der Waals surface area contributed by atoms with Crippen LogP contribution in [0.2, 0.25) is 0 Å². The highest BCUT2D eigenvalue weighted by atomic mass is 19.3. The van der Waals surface area contributed by atoms with Gasteiger partial charge in [0.05, 0.1) is 6.33 Å². The Morgan fingerprint density at radius 1 is 1.37 bits per heavy atom. The molecule has 0 aliphatic heterocycles. The first-order valence-electron chi connectivity index (χ1n) is 5.25. The van der Waals surface area contributed by atoms with Crippen molar-refractivity contribution >= 4 is 5.57 Å². The zero-order valence-electron chi connectivity index (χ0n) is 10.0. The molecule has 3 nitrogen and oxygen atoms in total. The summed E-state index contributed by atoms with van der Waals surface area (Å²) in [5.74, 6) is -0.0267. The Labute approximate surface area is 108 Å². The van der Waals surface area contributed by atoms with Gasteiger partial charge in [0.15, 0.2) is 0 Å². The number of nitrogens with zero attached hydrogens (tertiary/aromatic N) is 3. The molecule has 98 valence electrons. The molecule has 0 N–H and O–H groups in total. The average Bonchev–Trinajstić information content (AvgIpc) is 2.40. The van der Waals surface area contributed by atoms with Crippen LogP contribution in [-0.2, 0) is 0 Å². The van der Waals surface area contributed by atoms with E-state index >= 15 is 0 Å². The number of hydrogen-bond acceptors (Lipinski definition) is 3. The first kappa shape index (κ1) is 14.6. The van der Waals surface area contributed by atoms with Crippen molar-refractivity contribution in [2.24, 2.45) is 0 Å². The van der Waals surface area contributed by atoms with Crippen molar-refractivity contribution in [2.45, 2.75) is 13.3 Å². The minimum absolute atomic E-state index is 0.0267. The lowest BCUT2D eigenvalue weighted by atomic mass is 10.0. The maximum Gasteiger partial charge on any atom is 0.257 e. The third-order valence-electron chi connectivity index (χ3n) is 2.20. The average molecular weight is 265 g/mol. The first-order valence-corrected chi connectivity index (χ1v) is 5.25. The predicted octanol–water partition coefficient (Wildman–Crippen LogP) is 3.43. The van der Waals surface area contributed by atoms with E-state index in [1.807, 2.05) is 0 Å². The van der Waals surface area contributed by atoms with Gasteiger partial charge in [0, 0.05) is 23.5 Å². The molecule has 1 aromatic rings. The van der Waals surface area contributed by atoms with E-state index in [9.17, 15) is 13.2 Å². The van der Waals surface area contributed by atoms with Crippen LogP contribution in [-0.4, -0.2) is 16.4 Å². The number of nitriles is 1. The lowest BCUT2D eigenvalue weighted by Gasteiger charge is -2.04. The molecule has 0 unspecified atom stereocenters. The molecular formula is C13H10F3N3. The molecule has 0 saturated carbocycles. The summed E-state index contributed by atoms with van der Waals surface area (Å²) in [6.45, 7) is 1.57. The van der Waals surface area contributed by atoms with Gasteiger partial charge in [0.2, 0.25) is 5.82 Å². The molecular weight excluding hydrogens is 255 g/mol. The van der Waals surface area contributed by atoms with E-state index in [1.165, 1.54) is 18.5 Å². The molecule has 0 bridgehead atoms. The normalized spacial score (nSPS) is 13.1. The third-order valence-corrected chi connectivity index (χ3v) is 2.20. The molecule has 0 saturated heterocycles. The summed E-state index contributed by atoms with van der Waals surface area (Å²) < 4.78 is 36.7. The highest BCUT2D eigenvalue weighted by molar-refractivity contribution is 5.77. The quantitative estimate of drug-likeness (QED) is 0.784. The standard InChI is InChI=1S/C13H10F3N3/c1-9(3-2-4-12(15)16)11(5-14)10-7-18-13(6-17)19-8-10/h2-5,7-8,12H,1H3/b4-2+,9-3-,11-5+. The van der Waals surface area contributed by atoms with Crippen molar-refractivity contribution in [3.63, 3.8) is 0 Å². The Balaban J connectivity index is 2.98. The monoisotopic (exact) mass is 265 g/mol. The van der Waals surface area contributed by atoms with Crippen LogP contribution in [0.15, 0.2) is 42.5 Å². The van der Waals surface area contributed by atoms with E-state index in [-0.39, 0.29) is 11.4 Å². The van der Waals surface area contributed by atoms with Crippen molar-refractivity contribution < 1.29 is 13.2 Å². The second-order valence-electron chi connectivity index (χ2n) is 3.50. The highest BCUT2D eigenvalue weighted by Crippen LogP contribution is 2.22. The van der Waals surface area contributed by atoms with Crippen LogP contribution in [0.25, 0.3) is 5.57 Å². The summed E-state index contributed by atoms with van der Waals surface area (Å²) in [6, 6.07) is 1.74. The Bertz CT molecular complexity index is 551. The molecule has 0 atom stereocenters. The summed E-state index contributed by atoms with van der Waals surface area (Å²) in [4.78, 5) is 7.42. The van der Waals surface area contributed by atoms with Crippen LogP contribution in [0.1, 0.15) is 18.3 Å². The third kappa shape index (κ3) is 4.39. The minimum Gasteiger partial charge on any atom is -0.227 e. The smallest absolute Gasteiger partial charge is 0.227 e. The van der Waals surface area contributed by atoms with E-state index in [0.29, 0.717) is 23.5 Å². The summed E-state index contributed by atoms with van der Waals surface area (Å²) in [5, 5.41) is 8.55. The van der Waals surface area contributed by atoms with Crippen molar-refractivity contribution in [1.82, 2.24) is 9.97 Å². The Morgan fingerprint density at radius 3 is 2.47 bits per heavy atom. The van der Waals surface area contributed by atoms with Gasteiger partial charge in [0.1, 0.15) is 6.07 Å². The van der Waals surface area contributed by atoms with Gasteiger partial charge in [-0.05, 0) is 18.6 Å². The van der Waals surface area contributed by atoms with E-state index in [1.54, 1.807) is 13.0 Å². The van der Waals surface area contributed by atoms with Gasteiger partial charge in [-0.1, -0.05) is 12.2 Å². The van der Waals surface area contributed by atoms with Gasteiger partial charge >= 0.3 is 0 Å². The minimum atomic E-state index is -2.56. The number of alkyl halides is 2. The molecule has 1 heterocycles. The molecule has 0 aromatic carbocycles. The molecule has 0 aliphatic rings. The Morgan fingerprint density at radius 2 is 2.00 bits per heavy atom. The van der Waals surface area contributed by atoms with Gasteiger partial charge in [-0.15, -0.1) is 0 Å². The Kier molecular flexibility index (Phi) is 5.48. The number of halogens is 3. The fourth-order valence-electron chi connectivity index (χ4n) is 1.28. The van der Waals surface area contributed by atoms with Gasteiger partial charge in [0.25, 0.3) is 6.43 Å². The molecule has 6 heteroatoms. The Hall–Kier alpha value is -2.42. The summed E-state index contributed by atoms with van der Waals surface area (Å²) in [5.41, 5.74) is 0.969. The molecule has 19 heavy (non-hydrogen) atoms. The number of hydrogen-bond donors (Lipinski definition) is 0. The van der Waals surface area contributed by atoms with E-state index in [0.717, 1.165) is 6.08 Å². The highest BCUT2D eigenvalue weighted by Gasteiger charge is 2.05. The molecule has 0 amide bonds. The summed E-state index contributed by atoms with van der Waals surface area (Å²) in [6.07, 6.45) is 3.57. The second kappa shape index (κ2) is 7.11. The fourth-order valence-corrected chi connectivity index (χ4v) is 1.28. The topological polar surface area (TPSA) is 49.6 Å². The fraction of sp³-hybridized carbons (Fsp3) is 0.154. The predicted molar refractivity (Wildman–Crippen MR) is 64.7 cm³/mol. The number of aromatic nitrogens is 2. The molecule has 0 aliphatic carbocycles. The molecule has 1 aromatic heterocycles. The first-order chi connectivity index (χ1) is 9.08. The zero-order valence-corrected chi connectivity index (χ0v) is 10.0. The molecule has 1 rings (SSSR count). The molecule has 0 fully saturated rings. The van der Waals surface area contributed by atoms with Crippen LogP contribution >= 0.6 is 0 Å². The van der Waals surface area contributed by atoms with Crippen LogP contribution < -0.4 is 0 Å². The largest absolute Gasteiger partial charge is 0.257 e. The number of allylic oxidation sites excluding steroid dienone is 5. The van der Waals surface area contributed by atoms with Gasteiger partial charge in [-0.25, -0.2) is 23.1 Å². The SMILES string of the molecule is CC(=C/C=C/C(F)F)/C(=C\F)c1cnc(C#N)nc1. The van der Waals surface area contributed by atoms with Crippen molar-refractivity contribution in [1.29, 1.82) is 5.26 Å². The molecule has 0 radical (unpaired) electrons. The number of rotatable bonds is 4. The summed E-state index contributed by atoms with van der Waals surface area (Å²) in [7, 11) is 0. The van der Waals surface area contributed by atoms with Crippen molar-refractivity contribution in [3.8, 4) is 6.07 Å². The van der Waals surface area contributed by atoms with Crippen LogP contribution in [0, 0.1) is 11.3 Å². The van der Waals surface area contributed by atoms with Crippen LogP contribution in [0.5, 0.6) is 0 Å². The van der Waals surface area contributed by atoms with Gasteiger partial charge in [-0.3, -0.25) is 0 Å². The second-order valence-corrected chi connectivity index (χ2v) is 3.50. The van der Waals surface area contributed by atoms with Gasteiger partial charge < -0.3 is 0 Å². The van der Waals surface area contributed by atoms with E-state index in [2.05, 4.69) is 9.97 Å². The lowest BCUT2D eigenvalue weighted by molar-refractivity contribution is 0.204. The van der Waals surface area contributed by atoms with Crippen LogP contribution in [0.4, 0.5) is 13.2 Å². The lowest BCUT2D eigenvalue weighted by Crippen LogP contribution is -1.93. The van der Waals surface area contributed by atoms with E-state index < -0.39 is 6.43 Å². The summed E-state index contributed by atoms with van der Waals surface area (Å²) >= 11 is 0. The maximum absolute atomic E-state index is 12.9. The van der Waals surface area contributed by atoms with Crippen molar-refractivity contribution in [2.75, 3.05) is 0 Å². The van der Waals surface area contributed by atoms with Crippen molar-refractivity contribution in [3.05, 3.63) is 53.9 Å². The van der Waals surface area contributed by atoms with Gasteiger partial charge in [-0.2, -0.15) is 5.26 Å². The molecule has 0 spiro atoms.